The number of hydrogen-bond acceptors (Lipinski definition) is 3. The van der Waals surface area contributed by atoms with E-state index in [-0.39, 0.29) is 5.91 Å². The molecule has 1 aromatic rings. The lowest BCUT2D eigenvalue weighted by Gasteiger charge is -2.46. The third-order valence-electron chi connectivity index (χ3n) is 3.31. The molecule has 4 heteroatoms. The summed E-state index contributed by atoms with van der Waals surface area (Å²) in [7, 11) is 0. The van der Waals surface area contributed by atoms with Gasteiger partial charge in [0.25, 0.3) is 5.91 Å². The van der Waals surface area contributed by atoms with Gasteiger partial charge in [-0.3, -0.25) is 4.79 Å². The van der Waals surface area contributed by atoms with Crippen LogP contribution in [0.5, 0.6) is 0 Å². The summed E-state index contributed by atoms with van der Waals surface area (Å²) in [4.78, 5) is 15.0. The van der Waals surface area contributed by atoms with Crippen LogP contribution in [0.3, 0.4) is 0 Å². The smallest absolute Gasteiger partial charge is 0.254 e. The number of likely N-dealkylation sites (tertiary alicyclic amines) is 1. The van der Waals surface area contributed by atoms with E-state index >= 15 is 0 Å². The molecule has 1 amide bonds. The van der Waals surface area contributed by atoms with Crippen molar-refractivity contribution in [3.63, 3.8) is 0 Å². The zero-order chi connectivity index (χ0) is 13.2. The molecule has 1 fully saturated rings. The lowest BCUT2D eigenvalue weighted by Crippen LogP contribution is -2.63. The van der Waals surface area contributed by atoms with Crippen molar-refractivity contribution in [2.45, 2.75) is 30.3 Å². The van der Waals surface area contributed by atoms with Crippen LogP contribution in [0.15, 0.2) is 29.2 Å². The van der Waals surface area contributed by atoms with Crippen LogP contribution in [0.4, 0.5) is 0 Å². The van der Waals surface area contributed by atoms with Crippen molar-refractivity contribution in [1.29, 1.82) is 0 Å². The van der Waals surface area contributed by atoms with Crippen molar-refractivity contribution in [3.05, 3.63) is 29.8 Å². The molecule has 0 saturated carbocycles. The molecule has 0 atom stereocenters. The van der Waals surface area contributed by atoms with E-state index in [1.807, 2.05) is 37.4 Å². The number of benzene rings is 1. The van der Waals surface area contributed by atoms with Gasteiger partial charge in [-0.25, -0.2) is 0 Å². The van der Waals surface area contributed by atoms with E-state index in [4.69, 9.17) is 0 Å². The molecule has 3 nitrogen and oxygen atoms in total. The van der Waals surface area contributed by atoms with Gasteiger partial charge in [0.05, 0.1) is 18.7 Å². The molecular weight excluding hydrogens is 246 g/mol. The highest BCUT2D eigenvalue weighted by Crippen LogP contribution is 2.27. The summed E-state index contributed by atoms with van der Waals surface area (Å²) in [6, 6.07) is 7.61. The Balaban J connectivity index is 1.97. The zero-order valence-corrected chi connectivity index (χ0v) is 11.7. The van der Waals surface area contributed by atoms with Crippen molar-refractivity contribution in [2.24, 2.45) is 0 Å². The average Bonchev–Trinajstić information content (AvgIpc) is 2.35. The van der Waals surface area contributed by atoms with Gasteiger partial charge in [0.15, 0.2) is 0 Å². The Labute approximate surface area is 112 Å². The van der Waals surface area contributed by atoms with Crippen LogP contribution in [0.1, 0.15) is 30.1 Å². The summed E-state index contributed by atoms with van der Waals surface area (Å²) in [5.74, 6) is 0.0171. The molecule has 0 radical (unpaired) electrons. The molecule has 2 rings (SSSR count). The average molecular weight is 265 g/mol. The summed E-state index contributed by atoms with van der Waals surface area (Å²) in [5.41, 5.74) is 0.0511. The van der Waals surface area contributed by atoms with Crippen LogP contribution in [0.25, 0.3) is 0 Å². The number of aliphatic hydroxyl groups is 1. The fraction of sp³-hybridized carbons (Fsp3) is 0.500. The standard InChI is InChI=1S/C14H19NO2S/c1-3-8-14(17)9-15(10-14)13(16)11-4-6-12(18-2)7-5-11/h4-7,17H,3,8-10H2,1-2H3. The third-order valence-corrected chi connectivity index (χ3v) is 4.05. The molecule has 1 N–H and O–H groups in total. The second-order valence-corrected chi connectivity index (χ2v) is 5.74. The molecule has 1 aliphatic heterocycles. The largest absolute Gasteiger partial charge is 0.386 e. The minimum Gasteiger partial charge on any atom is -0.386 e. The van der Waals surface area contributed by atoms with Crippen LogP contribution >= 0.6 is 11.8 Å². The molecule has 0 aromatic heterocycles. The second kappa shape index (κ2) is 5.33. The molecule has 98 valence electrons. The van der Waals surface area contributed by atoms with E-state index in [1.54, 1.807) is 16.7 Å². The normalized spacial score (nSPS) is 17.4. The Morgan fingerprint density at radius 2 is 2.00 bits per heavy atom. The summed E-state index contributed by atoms with van der Waals surface area (Å²) >= 11 is 1.66. The van der Waals surface area contributed by atoms with Gasteiger partial charge in [0.1, 0.15) is 0 Å². The van der Waals surface area contributed by atoms with E-state index < -0.39 is 5.60 Å². The minimum atomic E-state index is -0.649. The molecule has 18 heavy (non-hydrogen) atoms. The van der Waals surface area contributed by atoms with Crippen LogP contribution < -0.4 is 0 Å². The number of amides is 1. The molecule has 1 aromatic carbocycles. The fourth-order valence-corrected chi connectivity index (χ4v) is 2.76. The molecular formula is C14H19NO2S. The van der Waals surface area contributed by atoms with E-state index in [0.29, 0.717) is 18.7 Å². The number of thioether (sulfide) groups is 1. The maximum absolute atomic E-state index is 12.1. The number of carbonyl (C=O) groups excluding carboxylic acids is 1. The first-order valence-electron chi connectivity index (χ1n) is 6.24. The number of nitrogens with zero attached hydrogens (tertiary/aromatic N) is 1. The summed E-state index contributed by atoms with van der Waals surface area (Å²) in [6.45, 7) is 2.97. The quantitative estimate of drug-likeness (QED) is 0.850. The SMILES string of the molecule is CCCC1(O)CN(C(=O)c2ccc(SC)cc2)C1. The lowest BCUT2D eigenvalue weighted by atomic mass is 9.89. The van der Waals surface area contributed by atoms with Gasteiger partial charge < -0.3 is 10.0 Å². The Bertz CT molecular complexity index is 424. The van der Waals surface area contributed by atoms with Crippen LogP contribution in [0, 0.1) is 0 Å². The Hall–Kier alpha value is -1.00. The predicted octanol–water partition coefficient (Wildman–Crippen LogP) is 2.40. The van der Waals surface area contributed by atoms with E-state index in [2.05, 4.69) is 0 Å². The van der Waals surface area contributed by atoms with Gasteiger partial charge in [-0.05, 0) is 36.9 Å². The van der Waals surface area contributed by atoms with Crippen molar-refractivity contribution in [2.75, 3.05) is 19.3 Å². The maximum atomic E-state index is 12.1. The Morgan fingerprint density at radius 1 is 1.39 bits per heavy atom. The molecule has 0 bridgehead atoms. The van der Waals surface area contributed by atoms with Crippen LogP contribution in [0.2, 0.25) is 0 Å². The van der Waals surface area contributed by atoms with Gasteiger partial charge in [-0.15, -0.1) is 11.8 Å². The van der Waals surface area contributed by atoms with Crippen LogP contribution in [-0.2, 0) is 0 Å². The number of carbonyl (C=O) groups is 1. The maximum Gasteiger partial charge on any atom is 0.254 e. The lowest BCUT2D eigenvalue weighted by molar-refractivity contribution is -0.0860. The first-order chi connectivity index (χ1) is 8.58. The fourth-order valence-electron chi connectivity index (χ4n) is 2.35. The van der Waals surface area contributed by atoms with Crippen molar-refractivity contribution in [3.8, 4) is 0 Å². The highest BCUT2D eigenvalue weighted by Gasteiger charge is 2.42. The monoisotopic (exact) mass is 265 g/mol. The Kier molecular flexibility index (Phi) is 3.97. The molecule has 1 aliphatic rings. The van der Waals surface area contributed by atoms with Gasteiger partial charge in [0.2, 0.25) is 0 Å². The van der Waals surface area contributed by atoms with Gasteiger partial charge >= 0.3 is 0 Å². The predicted molar refractivity (Wildman–Crippen MR) is 74.0 cm³/mol. The van der Waals surface area contributed by atoms with Crippen molar-refractivity contribution < 1.29 is 9.90 Å². The number of hydrogen-bond donors (Lipinski definition) is 1. The third kappa shape index (κ3) is 2.70. The summed E-state index contributed by atoms with van der Waals surface area (Å²) in [5, 5.41) is 10.1. The van der Waals surface area contributed by atoms with Crippen molar-refractivity contribution >= 4 is 17.7 Å². The van der Waals surface area contributed by atoms with Crippen LogP contribution in [-0.4, -0.2) is 40.9 Å². The zero-order valence-electron chi connectivity index (χ0n) is 10.8. The van der Waals surface area contributed by atoms with Gasteiger partial charge in [0, 0.05) is 10.5 Å². The summed E-state index contributed by atoms with van der Waals surface area (Å²) < 4.78 is 0. The van der Waals surface area contributed by atoms with E-state index in [1.165, 1.54) is 0 Å². The molecule has 1 saturated heterocycles. The second-order valence-electron chi connectivity index (χ2n) is 4.86. The van der Waals surface area contributed by atoms with E-state index in [9.17, 15) is 9.90 Å². The molecule has 0 spiro atoms. The van der Waals surface area contributed by atoms with Gasteiger partial charge in [-0.2, -0.15) is 0 Å². The first kappa shape index (κ1) is 13.4. The highest BCUT2D eigenvalue weighted by atomic mass is 32.2. The first-order valence-corrected chi connectivity index (χ1v) is 7.46. The molecule has 0 aliphatic carbocycles. The topological polar surface area (TPSA) is 40.5 Å². The van der Waals surface area contributed by atoms with Crippen molar-refractivity contribution in [1.82, 2.24) is 4.90 Å². The summed E-state index contributed by atoms with van der Waals surface area (Å²) in [6.07, 6.45) is 3.72. The molecule has 0 unspecified atom stereocenters. The van der Waals surface area contributed by atoms with E-state index in [0.717, 1.165) is 17.7 Å². The minimum absolute atomic E-state index is 0.0171. The van der Waals surface area contributed by atoms with Gasteiger partial charge in [-0.1, -0.05) is 13.3 Å². The highest BCUT2D eigenvalue weighted by molar-refractivity contribution is 7.98. The Morgan fingerprint density at radius 3 is 2.50 bits per heavy atom. The number of β-amino-alcohol motifs (C(OH)–C–C–N with tert-alkyl or cyclic N) is 1. The number of rotatable bonds is 4. The molecule has 1 heterocycles.